The van der Waals surface area contributed by atoms with E-state index in [1.807, 2.05) is 0 Å². The molecule has 0 aromatic heterocycles. The van der Waals surface area contributed by atoms with Crippen LogP contribution in [0.1, 0.15) is 84.0 Å². The molecule has 0 aromatic rings. The first kappa shape index (κ1) is 14.1. The molecule has 1 spiro atoms. The summed E-state index contributed by atoms with van der Waals surface area (Å²) in [6.07, 6.45) is 23.7. The van der Waals surface area contributed by atoms with Crippen molar-refractivity contribution in [2.24, 2.45) is 40.4 Å². The Balaban J connectivity index is 1.49. The molecule has 0 amide bonds. The van der Waals surface area contributed by atoms with Gasteiger partial charge in [0, 0.05) is 0 Å². The monoisotopic (exact) mass is 298 g/mol. The molecule has 0 heterocycles. The average molecular weight is 299 g/mol. The fourth-order valence-corrected chi connectivity index (χ4v) is 8.49. The molecule has 4 saturated carbocycles. The van der Waals surface area contributed by atoms with Gasteiger partial charge in [0.15, 0.2) is 0 Å². The maximum absolute atomic E-state index is 2.74. The molecule has 7 unspecified atom stereocenters. The molecule has 0 bridgehead atoms. The molecule has 0 aromatic carbocycles. The molecule has 0 saturated heterocycles. The third kappa shape index (κ3) is 1.71. The second kappa shape index (κ2) is 4.87. The molecule has 0 N–H and O–H groups in total. The van der Waals surface area contributed by atoms with Crippen molar-refractivity contribution >= 4 is 0 Å². The van der Waals surface area contributed by atoms with Crippen LogP contribution >= 0.6 is 0 Å². The minimum atomic E-state index is 0.664. The zero-order valence-corrected chi connectivity index (χ0v) is 14.5. The van der Waals surface area contributed by atoms with Crippen LogP contribution in [0.15, 0.2) is 12.2 Å². The van der Waals surface area contributed by atoms with Crippen molar-refractivity contribution < 1.29 is 0 Å². The Labute approximate surface area is 137 Å². The summed E-state index contributed by atoms with van der Waals surface area (Å²) >= 11 is 0. The summed E-state index contributed by atoms with van der Waals surface area (Å²) in [7, 11) is 0. The number of hydrogen-bond acceptors (Lipinski definition) is 0. The topological polar surface area (TPSA) is 0 Å². The standard InChI is InChI=1S/C22H34/c1-21-13-4-2-6-16(21)8-10-18-19(21)12-15-22-14-5-3-7-17(22)9-11-20(18)22/h5,14,16-20H,2-4,6-13,15H2,1H3. The normalized spacial score (nSPS) is 56.7. The van der Waals surface area contributed by atoms with Gasteiger partial charge in [-0.2, -0.15) is 0 Å². The number of rotatable bonds is 0. The Morgan fingerprint density at radius 2 is 1.68 bits per heavy atom. The molecule has 5 rings (SSSR count). The summed E-state index contributed by atoms with van der Waals surface area (Å²) in [6.45, 7) is 2.72. The van der Waals surface area contributed by atoms with Gasteiger partial charge in [0.1, 0.15) is 0 Å². The molecule has 7 atom stereocenters. The van der Waals surface area contributed by atoms with Crippen molar-refractivity contribution in [3.63, 3.8) is 0 Å². The quantitative estimate of drug-likeness (QED) is 0.456. The lowest BCUT2D eigenvalue weighted by atomic mass is 9.44. The second-order valence-electron chi connectivity index (χ2n) is 9.81. The summed E-state index contributed by atoms with van der Waals surface area (Å²) in [5.41, 5.74) is 1.39. The number of hydrogen-bond donors (Lipinski definition) is 0. The molecule has 122 valence electrons. The van der Waals surface area contributed by atoms with Gasteiger partial charge in [0.2, 0.25) is 0 Å². The van der Waals surface area contributed by atoms with E-state index in [0.29, 0.717) is 5.41 Å². The fourth-order valence-electron chi connectivity index (χ4n) is 8.49. The van der Waals surface area contributed by atoms with Gasteiger partial charge < -0.3 is 0 Å². The molecule has 22 heavy (non-hydrogen) atoms. The number of allylic oxidation sites excluding steroid dienone is 2. The van der Waals surface area contributed by atoms with Crippen molar-refractivity contribution in [3.05, 3.63) is 12.2 Å². The smallest absolute Gasteiger partial charge is 0.00588 e. The highest BCUT2D eigenvalue weighted by atomic mass is 14.6. The van der Waals surface area contributed by atoms with Gasteiger partial charge in [-0.15, -0.1) is 0 Å². The Bertz CT molecular complexity index is 476. The van der Waals surface area contributed by atoms with Gasteiger partial charge in [-0.05, 0) is 105 Å². The van der Waals surface area contributed by atoms with E-state index in [2.05, 4.69) is 19.1 Å². The average Bonchev–Trinajstić information content (AvgIpc) is 2.94. The Kier molecular flexibility index (Phi) is 3.12. The third-order valence-electron chi connectivity index (χ3n) is 9.45. The molecular formula is C22H34. The van der Waals surface area contributed by atoms with Crippen molar-refractivity contribution in [2.45, 2.75) is 84.0 Å². The van der Waals surface area contributed by atoms with E-state index in [-0.39, 0.29) is 0 Å². The van der Waals surface area contributed by atoms with Crippen LogP contribution in [0.25, 0.3) is 0 Å². The first-order valence-electron chi connectivity index (χ1n) is 10.4. The Hall–Kier alpha value is -0.260. The molecular weight excluding hydrogens is 264 g/mol. The SMILES string of the molecule is CC12CCCCC1CCC1C2CCC23C=CCCC2CCC13. The van der Waals surface area contributed by atoms with Gasteiger partial charge in [-0.25, -0.2) is 0 Å². The summed E-state index contributed by atoms with van der Waals surface area (Å²) in [4.78, 5) is 0. The largest absolute Gasteiger partial charge is 0.0879 e. The number of fused-ring (bicyclic) bond motifs is 4. The minimum Gasteiger partial charge on any atom is -0.0879 e. The van der Waals surface area contributed by atoms with Crippen LogP contribution < -0.4 is 0 Å². The summed E-state index contributed by atoms with van der Waals surface area (Å²) in [5, 5.41) is 0. The van der Waals surface area contributed by atoms with Crippen LogP contribution in [0.4, 0.5) is 0 Å². The van der Waals surface area contributed by atoms with E-state index in [0.717, 1.165) is 35.0 Å². The van der Waals surface area contributed by atoms with Crippen molar-refractivity contribution in [3.8, 4) is 0 Å². The third-order valence-corrected chi connectivity index (χ3v) is 9.45. The van der Waals surface area contributed by atoms with Crippen LogP contribution in [-0.4, -0.2) is 0 Å². The molecule has 5 aliphatic carbocycles. The van der Waals surface area contributed by atoms with E-state index >= 15 is 0 Å². The zero-order valence-electron chi connectivity index (χ0n) is 14.5. The lowest BCUT2D eigenvalue weighted by Crippen LogP contribution is -2.53. The van der Waals surface area contributed by atoms with Gasteiger partial charge in [-0.1, -0.05) is 31.9 Å². The van der Waals surface area contributed by atoms with Crippen LogP contribution in [0.5, 0.6) is 0 Å². The lowest BCUT2D eigenvalue weighted by Gasteiger charge is -2.61. The van der Waals surface area contributed by atoms with Gasteiger partial charge >= 0.3 is 0 Å². The fraction of sp³-hybridized carbons (Fsp3) is 0.909. The Morgan fingerprint density at radius 1 is 0.773 bits per heavy atom. The molecule has 0 radical (unpaired) electrons. The lowest BCUT2D eigenvalue weighted by molar-refractivity contribution is -0.104. The molecule has 0 nitrogen and oxygen atoms in total. The second-order valence-corrected chi connectivity index (χ2v) is 9.81. The van der Waals surface area contributed by atoms with Crippen LogP contribution in [-0.2, 0) is 0 Å². The summed E-state index contributed by atoms with van der Waals surface area (Å²) in [6, 6.07) is 0. The molecule has 4 fully saturated rings. The van der Waals surface area contributed by atoms with Crippen molar-refractivity contribution in [1.82, 2.24) is 0 Å². The predicted octanol–water partition coefficient (Wildman–Crippen LogP) is 6.37. The maximum Gasteiger partial charge on any atom is -0.00588 e. The first-order chi connectivity index (χ1) is 10.7. The van der Waals surface area contributed by atoms with Gasteiger partial charge in [-0.3, -0.25) is 0 Å². The maximum atomic E-state index is 2.74. The van der Waals surface area contributed by atoms with E-state index in [1.54, 1.807) is 51.4 Å². The van der Waals surface area contributed by atoms with Crippen LogP contribution in [0.2, 0.25) is 0 Å². The summed E-state index contributed by atoms with van der Waals surface area (Å²) < 4.78 is 0. The zero-order chi connectivity index (χ0) is 14.8. The molecule has 5 aliphatic rings. The molecule has 0 aliphatic heterocycles. The molecule has 0 heteroatoms. The van der Waals surface area contributed by atoms with E-state index in [4.69, 9.17) is 0 Å². The summed E-state index contributed by atoms with van der Waals surface area (Å²) in [5.74, 6) is 5.36. The highest BCUT2D eigenvalue weighted by molar-refractivity contribution is 5.18. The van der Waals surface area contributed by atoms with E-state index in [9.17, 15) is 0 Å². The van der Waals surface area contributed by atoms with Gasteiger partial charge in [0.05, 0.1) is 0 Å². The van der Waals surface area contributed by atoms with Crippen molar-refractivity contribution in [2.75, 3.05) is 0 Å². The van der Waals surface area contributed by atoms with Crippen molar-refractivity contribution in [1.29, 1.82) is 0 Å². The minimum absolute atomic E-state index is 0.664. The highest BCUT2D eigenvalue weighted by Gasteiger charge is 2.60. The van der Waals surface area contributed by atoms with Gasteiger partial charge in [0.25, 0.3) is 0 Å². The van der Waals surface area contributed by atoms with Crippen LogP contribution in [0.3, 0.4) is 0 Å². The van der Waals surface area contributed by atoms with E-state index < -0.39 is 0 Å². The highest BCUT2D eigenvalue weighted by Crippen LogP contribution is 2.69. The predicted molar refractivity (Wildman–Crippen MR) is 92.5 cm³/mol. The van der Waals surface area contributed by atoms with Crippen LogP contribution in [0, 0.1) is 40.4 Å². The van der Waals surface area contributed by atoms with E-state index in [1.165, 1.54) is 25.7 Å². The Morgan fingerprint density at radius 3 is 2.64 bits per heavy atom. The first-order valence-corrected chi connectivity index (χ1v) is 10.4.